The first-order valence-electron chi connectivity index (χ1n) is 7.26. The molecule has 0 radical (unpaired) electrons. The van der Waals surface area contributed by atoms with E-state index in [1.54, 1.807) is 26.8 Å². The fourth-order valence-corrected chi connectivity index (χ4v) is 2.27. The van der Waals surface area contributed by atoms with Gasteiger partial charge in [0.1, 0.15) is 17.4 Å². The summed E-state index contributed by atoms with van der Waals surface area (Å²) in [4.78, 5) is 13.4. The molecule has 0 atom stereocenters. The van der Waals surface area contributed by atoms with Crippen LogP contribution in [0.2, 0.25) is 0 Å². The fourth-order valence-electron chi connectivity index (χ4n) is 2.27. The van der Waals surface area contributed by atoms with Crippen LogP contribution < -0.4 is 4.74 Å². The van der Waals surface area contributed by atoms with Crippen LogP contribution in [0.1, 0.15) is 37.8 Å². The molecule has 1 aliphatic heterocycles. The van der Waals surface area contributed by atoms with Crippen molar-refractivity contribution >= 4 is 6.09 Å². The highest BCUT2D eigenvalue weighted by Gasteiger charge is 2.36. The van der Waals surface area contributed by atoms with E-state index >= 15 is 0 Å². The molecule has 24 heavy (non-hydrogen) atoms. The molecular weight excluding hydrogens is 325 g/mol. The van der Waals surface area contributed by atoms with E-state index in [0.29, 0.717) is 18.7 Å². The molecule has 0 bridgehead atoms. The molecule has 5 nitrogen and oxygen atoms in total. The van der Waals surface area contributed by atoms with E-state index in [2.05, 4.69) is 4.74 Å². The normalized spacial score (nSPS) is 15.5. The molecule has 0 aliphatic carbocycles. The number of carbonyl (C=O) groups excluding carboxylic acids is 1. The number of ether oxygens (including phenoxy) is 2. The molecule has 1 amide bonds. The lowest BCUT2D eigenvalue weighted by Crippen LogP contribution is -2.50. The molecule has 1 fully saturated rings. The minimum Gasteiger partial charge on any atom is -0.444 e. The standard InChI is InChI=1S/C16H17F3N2O3/c1-15(2,3)24-14(22)21-8-12(9-21)10-4-5-13(11(6-10)7-20)23-16(17,18)19/h4-6,12H,8-9H2,1-3H3. The van der Waals surface area contributed by atoms with Crippen molar-refractivity contribution in [3.05, 3.63) is 29.3 Å². The maximum Gasteiger partial charge on any atom is 0.573 e. The predicted octanol–water partition coefficient (Wildman–Crippen LogP) is 3.79. The number of amides is 1. The minimum atomic E-state index is -4.85. The number of alkyl halides is 3. The van der Waals surface area contributed by atoms with E-state index in [4.69, 9.17) is 10.00 Å². The third-order valence-corrected chi connectivity index (χ3v) is 3.35. The summed E-state index contributed by atoms with van der Waals surface area (Å²) in [5.41, 5.74) is -0.103. The third kappa shape index (κ3) is 4.54. The molecule has 0 unspecified atom stereocenters. The van der Waals surface area contributed by atoms with Crippen molar-refractivity contribution in [1.29, 1.82) is 5.26 Å². The van der Waals surface area contributed by atoms with Crippen LogP contribution in [0, 0.1) is 11.3 Å². The van der Waals surface area contributed by atoms with Crippen molar-refractivity contribution in [2.45, 2.75) is 38.7 Å². The lowest BCUT2D eigenvalue weighted by Gasteiger charge is -2.40. The van der Waals surface area contributed by atoms with Gasteiger partial charge in [0, 0.05) is 19.0 Å². The summed E-state index contributed by atoms with van der Waals surface area (Å²) in [5.74, 6) is -0.582. The highest BCUT2D eigenvalue weighted by atomic mass is 19.4. The molecule has 1 heterocycles. The number of nitriles is 1. The zero-order valence-electron chi connectivity index (χ0n) is 13.5. The average Bonchev–Trinajstić information content (AvgIpc) is 2.34. The van der Waals surface area contributed by atoms with E-state index < -0.39 is 23.8 Å². The predicted molar refractivity (Wildman–Crippen MR) is 78.4 cm³/mol. The van der Waals surface area contributed by atoms with Gasteiger partial charge in [-0.15, -0.1) is 13.2 Å². The molecule has 0 spiro atoms. The summed E-state index contributed by atoms with van der Waals surface area (Å²) >= 11 is 0. The van der Waals surface area contributed by atoms with Crippen LogP contribution in [0.15, 0.2) is 18.2 Å². The van der Waals surface area contributed by atoms with E-state index in [0.717, 1.165) is 6.07 Å². The Morgan fingerprint density at radius 3 is 2.42 bits per heavy atom. The van der Waals surface area contributed by atoms with Gasteiger partial charge in [0.2, 0.25) is 0 Å². The molecule has 1 saturated heterocycles. The minimum absolute atomic E-state index is 0.0513. The second-order valence-corrected chi connectivity index (χ2v) is 6.50. The maximum atomic E-state index is 12.3. The molecule has 0 N–H and O–H groups in total. The van der Waals surface area contributed by atoms with Gasteiger partial charge in [-0.1, -0.05) is 6.07 Å². The number of nitrogens with zero attached hydrogens (tertiary/aromatic N) is 2. The summed E-state index contributed by atoms with van der Waals surface area (Å²) in [7, 11) is 0. The first-order chi connectivity index (χ1) is 11.0. The van der Waals surface area contributed by atoms with Gasteiger partial charge in [0.15, 0.2) is 0 Å². The van der Waals surface area contributed by atoms with E-state index in [-0.39, 0.29) is 11.5 Å². The molecule has 0 saturated carbocycles. The Balaban J connectivity index is 2.03. The summed E-state index contributed by atoms with van der Waals surface area (Å²) in [5, 5.41) is 9.00. The first-order valence-corrected chi connectivity index (χ1v) is 7.26. The van der Waals surface area contributed by atoms with Gasteiger partial charge in [-0.2, -0.15) is 5.26 Å². The number of likely N-dealkylation sites (tertiary alicyclic amines) is 1. The molecule has 1 aromatic carbocycles. The van der Waals surface area contributed by atoms with Crippen LogP contribution in [-0.2, 0) is 4.74 Å². The lowest BCUT2D eigenvalue weighted by atomic mass is 9.90. The summed E-state index contributed by atoms with van der Waals surface area (Å²) < 4.78 is 45.9. The zero-order valence-corrected chi connectivity index (χ0v) is 13.5. The SMILES string of the molecule is CC(C)(C)OC(=O)N1CC(c2ccc(OC(F)(F)F)c(C#N)c2)C1. The van der Waals surface area contributed by atoms with Crippen molar-refractivity contribution in [3.8, 4) is 11.8 Å². The number of hydrogen-bond acceptors (Lipinski definition) is 4. The van der Waals surface area contributed by atoms with Crippen molar-refractivity contribution in [2.24, 2.45) is 0 Å². The Hall–Kier alpha value is -2.43. The lowest BCUT2D eigenvalue weighted by molar-refractivity contribution is -0.274. The molecule has 0 aromatic heterocycles. The van der Waals surface area contributed by atoms with E-state index in [9.17, 15) is 18.0 Å². The van der Waals surface area contributed by atoms with Gasteiger partial charge >= 0.3 is 12.5 Å². The monoisotopic (exact) mass is 342 g/mol. The Kier molecular flexibility index (Phi) is 4.65. The Morgan fingerprint density at radius 1 is 1.29 bits per heavy atom. The van der Waals surface area contributed by atoms with Crippen LogP contribution >= 0.6 is 0 Å². The number of hydrogen-bond donors (Lipinski definition) is 0. The quantitative estimate of drug-likeness (QED) is 0.820. The fraction of sp³-hybridized carbons (Fsp3) is 0.500. The molecular formula is C16H17F3N2O3. The smallest absolute Gasteiger partial charge is 0.444 e. The second kappa shape index (κ2) is 6.23. The number of rotatable bonds is 2. The van der Waals surface area contributed by atoms with Crippen LogP contribution in [-0.4, -0.2) is 36.0 Å². The van der Waals surface area contributed by atoms with Gasteiger partial charge < -0.3 is 14.4 Å². The summed E-state index contributed by atoms with van der Waals surface area (Å²) in [6.45, 7) is 6.07. The zero-order chi connectivity index (χ0) is 18.1. The highest BCUT2D eigenvalue weighted by molar-refractivity contribution is 5.69. The number of benzene rings is 1. The summed E-state index contributed by atoms with van der Waals surface area (Å²) in [6, 6.07) is 5.65. The Labute approximate surface area is 137 Å². The van der Waals surface area contributed by atoms with Crippen LogP contribution in [0.25, 0.3) is 0 Å². The molecule has 1 aromatic rings. The molecule has 2 rings (SSSR count). The van der Waals surface area contributed by atoms with Crippen LogP contribution in [0.3, 0.4) is 0 Å². The van der Waals surface area contributed by atoms with Gasteiger partial charge in [-0.3, -0.25) is 0 Å². The van der Waals surface area contributed by atoms with E-state index in [1.165, 1.54) is 17.0 Å². The van der Waals surface area contributed by atoms with E-state index in [1.807, 2.05) is 0 Å². The van der Waals surface area contributed by atoms with Crippen LogP contribution in [0.4, 0.5) is 18.0 Å². The van der Waals surface area contributed by atoms with Gasteiger partial charge in [0.05, 0.1) is 5.56 Å². The van der Waals surface area contributed by atoms with Crippen LogP contribution in [0.5, 0.6) is 5.75 Å². The molecule has 1 aliphatic rings. The summed E-state index contributed by atoms with van der Waals surface area (Å²) in [6.07, 6.45) is -5.28. The second-order valence-electron chi connectivity index (χ2n) is 6.50. The third-order valence-electron chi connectivity index (χ3n) is 3.35. The van der Waals surface area contributed by atoms with Crippen molar-refractivity contribution in [1.82, 2.24) is 4.90 Å². The highest BCUT2D eigenvalue weighted by Crippen LogP contribution is 2.33. The van der Waals surface area contributed by atoms with Crippen molar-refractivity contribution in [3.63, 3.8) is 0 Å². The average molecular weight is 342 g/mol. The van der Waals surface area contributed by atoms with Gasteiger partial charge in [-0.05, 0) is 38.5 Å². The molecule has 130 valence electrons. The van der Waals surface area contributed by atoms with Crippen molar-refractivity contribution < 1.29 is 27.4 Å². The Morgan fingerprint density at radius 2 is 1.92 bits per heavy atom. The number of halogens is 3. The Bertz CT molecular complexity index is 669. The maximum absolute atomic E-state index is 12.3. The number of carbonyl (C=O) groups is 1. The molecule has 8 heteroatoms. The first kappa shape index (κ1) is 17.9. The van der Waals surface area contributed by atoms with Gasteiger partial charge in [-0.25, -0.2) is 4.79 Å². The largest absolute Gasteiger partial charge is 0.573 e. The topological polar surface area (TPSA) is 62.6 Å². The van der Waals surface area contributed by atoms with Crippen molar-refractivity contribution in [2.75, 3.05) is 13.1 Å². The van der Waals surface area contributed by atoms with Gasteiger partial charge in [0.25, 0.3) is 0 Å².